The highest BCUT2D eigenvalue weighted by Gasteiger charge is 2.23. The second-order valence-electron chi connectivity index (χ2n) is 6.90. The Morgan fingerprint density at radius 2 is 2.00 bits per heavy atom. The lowest BCUT2D eigenvalue weighted by molar-refractivity contribution is 0.276. The summed E-state index contributed by atoms with van der Waals surface area (Å²) in [7, 11) is 0. The van der Waals surface area contributed by atoms with Gasteiger partial charge in [-0.1, -0.05) is 22.9 Å². The predicted octanol–water partition coefficient (Wildman–Crippen LogP) is 2.15. The molecule has 152 valence electrons. The molecule has 1 aromatic carbocycles. The molecule has 29 heavy (non-hydrogen) atoms. The van der Waals surface area contributed by atoms with Gasteiger partial charge in [-0.15, -0.1) is 5.10 Å². The van der Waals surface area contributed by atoms with E-state index in [0.717, 1.165) is 32.4 Å². The van der Waals surface area contributed by atoms with Gasteiger partial charge in [-0.2, -0.15) is 5.10 Å². The average molecular weight is 419 g/mol. The first kappa shape index (κ1) is 19.5. The molecule has 0 unspecified atom stereocenters. The third kappa shape index (κ3) is 3.88. The topological polar surface area (TPSA) is 89.1 Å². The Bertz CT molecular complexity index is 1060. The minimum absolute atomic E-state index is 0.0787. The van der Waals surface area contributed by atoms with Gasteiger partial charge in [0.25, 0.3) is 5.56 Å². The summed E-state index contributed by atoms with van der Waals surface area (Å²) >= 11 is 6.13. The summed E-state index contributed by atoms with van der Waals surface area (Å²) in [4.78, 5) is 15.4. The molecule has 3 heterocycles. The maximum atomic E-state index is 14.2. The van der Waals surface area contributed by atoms with Gasteiger partial charge >= 0.3 is 0 Å². The zero-order chi connectivity index (χ0) is 20.4. The van der Waals surface area contributed by atoms with Crippen LogP contribution in [0.25, 0.3) is 5.69 Å². The van der Waals surface area contributed by atoms with Crippen molar-refractivity contribution in [2.75, 3.05) is 18.0 Å². The second kappa shape index (κ2) is 8.30. The molecule has 0 spiro atoms. The van der Waals surface area contributed by atoms with E-state index >= 15 is 0 Å². The van der Waals surface area contributed by atoms with Gasteiger partial charge in [0.05, 0.1) is 25.5 Å². The second-order valence-corrected chi connectivity index (χ2v) is 7.31. The van der Waals surface area contributed by atoms with Crippen molar-refractivity contribution in [3.05, 3.63) is 63.0 Å². The van der Waals surface area contributed by atoms with Crippen LogP contribution < -0.4 is 10.5 Å². The van der Waals surface area contributed by atoms with E-state index < -0.39 is 5.82 Å². The molecule has 0 bridgehead atoms. The minimum atomic E-state index is -0.487. The van der Waals surface area contributed by atoms with E-state index in [1.807, 2.05) is 4.90 Å². The fourth-order valence-electron chi connectivity index (χ4n) is 3.49. The molecule has 3 aromatic rings. The highest BCUT2D eigenvalue weighted by atomic mass is 35.5. The number of aliphatic hydroxyl groups excluding tert-OH is 1. The van der Waals surface area contributed by atoms with Crippen molar-refractivity contribution in [3.8, 4) is 5.69 Å². The first-order chi connectivity index (χ1) is 14.1. The van der Waals surface area contributed by atoms with Crippen LogP contribution in [0.15, 0.2) is 35.4 Å². The van der Waals surface area contributed by atoms with Crippen molar-refractivity contribution in [2.45, 2.75) is 32.4 Å². The molecule has 10 heteroatoms. The van der Waals surface area contributed by atoms with E-state index in [1.54, 1.807) is 12.3 Å². The van der Waals surface area contributed by atoms with Crippen molar-refractivity contribution in [1.82, 2.24) is 24.8 Å². The zero-order valence-electron chi connectivity index (χ0n) is 15.6. The predicted molar refractivity (Wildman–Crippen MR) is 106 cm³/mol. The molecule has 0 aliphatic carbocycles. The van der Waals surface area contributed by atoms with Gasteiger partial charge < -0.3 is 10.0 Å². The number of nitrogens with zero attached hydrogens (tertiary/aromatic N) is 6. The zero-order valence-corrected chi connectivity index (χ0v) is 16.4. The van der Waals surface area contributed by atoms with Crippen LogP contribution in [0.4, 0.5) is 10.1 Å². The van der Waals surface area contributed by atoms with Crippen LogP contribution in [0.2, 0.25) is 5.02 Å². The number of rotatable bonds is 5. The molecular weight excluding hydrogens is 399 g/mol. The van der Waals surface area contributed by atoms with Crippen LogP contribution in [-0.2, 0) is 13.2 Å². The Balaban J connectivity index is 1.81. The fourth-order valence-corrected chi connectivity index (χ4v) is 3.71. The van der Waals surface area contributed by atoms with E-state index in [0.29, 0.717) is 17.1 Å². The smallest absolute Gasteiger partial charge is 0.292 e. The maximum Gasteiger partial charge on any atom is 0.292 e. The number of anilines is 1. The van der Waals surface area contributed by atoms with Gasteiger partial charge in [-0.3, -0.25) is 4.79 Å². The molecule has 4 rings (SSSR count). The lowest BCUT2D eigenvalue weighted by Gasteiger charge is -2.29. The molecule has 1 aliphatic heterocycles. The van der Waals surface area contributed by atoms with Crippen molar-refractivity contribution in [3.63, 3.8) is 0 Å². The molecule has 0 atom stereocenters. The van der Waals surface area contributed by atoms with Gasteiger partial charge in [-0.25, -0.2) is 13.8 Å². The quantitative estimate of drug-likeness (QED) is 0.683. The molecule has 8 nitrogen and oxygen atoms in total. The van der Waals surface area contributed by atoms with Crippen LogP contribution in [0.3, 0.4) is 0 Å². The van der Waals surface area contributed by atoms with E-state index in [-0.39, 0.29) is 29.3 Å². The first-order valence-electron chi connectivity index (χ1n) is 9.39. The average Bonchev–Trinajstić information content (AvgIpc) is 3.21. The van der Waals surface area contributed by atoms with Crippen LogP contribution in [0.1, 0.15) is 30.5 Å². The largest absolute Gasteiger partial charge is 0.390 e. The van der Waals surface area contributed by atoms with E-state index in [2.05, 4.69) is 15.4 Å². The maximum absolute atomic E-state index is 14.2. The van der Waals surface area contributed by atoms with Gasteiger partial charge in [0.1, 0.15) is 22.9 Å². The van der Waals surface area contributed by atoms with Crippen molar-refractivity contribution in [2.24, 2.45) is 0 Å². The molecule has 0 radical (unpaired) electrons. The first-order valence-corrected chi connectivity index (χ1v) is 9.76. The van der Waals surface area contributed by atoms with Crippen LogP contribution in [-0.4, -0.2) is 43.0 Å². The molecule has 2 aromatic heterocycles. The summed E-state index contributed by atoms with van der Waals surface area (Å²) in [5.74, 6) is -0.487. The van der Waals surface area contributed by atoms with E-state index in [9.17, 15) is 14.3 Å². The molecular formula is C19H20ClFN6O2. The lowest BCUT2D eigenvalue weighted by Crippen LogP contribution is -2.38. The van der Waals surface area contributed by atoms with Crippen molar-refractivity contribution in [1.29, 1.82) is 0 Å². The number of aliphatic hydroxyl groups is 1. The van der Waals surface area contributed by atoms with Crippen LogP contribution in [0.5, 0.6) is 0 Å². The Kier molecular flexibility index (Phi) is 5.59. The SMILES string of the molecule is O=c1c(N2CCCCC2)c(-n2cc(CO)nn2)cnn1Cc1c(F)cccc1Cl. The molecule has 0 saturated carbocycles. The number of aromatic nitrogens is 5. The van der Waals surface area contributed by atoms with E-state index in [1.165, 1.54) is 27.7 Å². The number of hydrogen-bond acceptors (Lipinski definition) is 6. The Morgan fingerprint density at radius 1 is 1.21 bits per heavy atom. The fraction of sp³-hybridized carbons (Fsp3) is 0.368. The summed E-state index contributed by atoms with van der Waals surface area (Å²) < 4.78 is 16.9. The molecule has 1 saturated heterocycles. The summed E-state index contributed by atoms with van der Waals surface area (Å²) in [5.41, 5.74) is 1.15. The Labute approximate surface area is 171 Å². The number of benzene rings is 1. The Morgan fingerprint density at radius 3 is 2.69 bits per heavy atom. The van der Waals surface area contributed by atoms with Crippen LogP contribution in [0, 0.1) is 5.82 Å². The molecule has 1 N–H and O–H groups in total. The molecule has 0 amide bonds. The summed E-state index contributed by atoms with van der Waals surface area (Å²) in [5, 5.41) is 21.6. The summed E-state index contributed by atoms with van der Waals surface area (Å²) in [6.07, 6.45) is 6.12. The number of hydrogen-bond donors (Lipinski definition) is 1. The van der Waals surface area contributed by atoms with Gasteiger partial charge in [0.15, 0.2) is 0 Å². The van der Waals surface area contributed by atoms with Gasteiger partial charge in [0.2, 0.25) is 0 Å². The Hall–Kier alpha value is -2.78. The third-order valence-electron chi connectivity index (χ3n) is 4.99. The minimum Gasteiger partial charge on any atom is -0.390 e. The van der Waals surface area contributed by atoms with Crippen molar-refractivity contribution < 1.29 is 9.50 Å². The number of halogens is 2. The monoisotopic (exact) mass is 418 g/mol. The highest BCUT2D eigenvalue weighted by molar-refractivity contribution is 6.31. The summed E-state index contributed by atoms with van der Waals surface area (Å²) in [6, 6.07) is 4.40. The molecule has 1 fully saturated rings. The van der Waals surface area contributed by atoms with Crippen LogP contribution >= 0.6 is 11.6 Å². The number of piperidine rings is 1. The van der Waals surface area contributed by atoms with Gasteiger partial charge in [-0.05, 0) is 31.4 Å². The summed E-state index contributed by atoms with van der Waals surface area (Å²) in [6.45, 7) is 1.13. The lowest BCUT2D eigenvalue weighted by atomic mass is 10.1. The van der Waals surface area contributed by atoms with Gasteiger partial charge in [0, 0.05) is 23.7 Å². The molecule has 1 aliphatic rings. The third-order valence-corrected chi connectivity index (χ3v) is 5.34. The van der Waals surface area contributed by atoms with Crippen molar-refractivity contribution >= 4 is 17.3 Å². The standard InChI is InChI=1S/C19H20ClFN6O2/c20-15-5-4-6-16(21)14(15)11-27-19(29)18(25-7-2-1-3-8-25)17(9-22-27)26-10-13(12-28)23-24-26/h4-6,9-10,28H,1-3,7-8,11-12H2. The highest BCUT2D eigenvalue weighted by Crippen LogP contribution is 2.24. The van der Waals surface area contributed by atoms with E-state index in [4.69, 9.17) is 11.6 Å². The normalized spacial score (nSPS) is 14.4.